The Balaban J connectivity index is 2.02. The molecule has 1 atom stereocenters. The molecule has 0 heterocycles. The van der Waals surface area contributed by atoms with Crippen LogP contribution in [0.2, 0.25) is 0 Å². The van der Waals surface area contributed by atoms with E-state index in [1.54, 1.807) is 31.2 Å². The van der Waals surface area contributed by atoms with Gasteiger partial charge < -0.3 is 19.7 Å². The smallest absolute Gasteiger partial charge is 0.261 e. The van der Waals surface area contributed by atoms with Gasteiger partial charge in [0.25, 0.3) is 5.91 Å². The van der Waals surface area contributed by atoms with Gasteiger partial charge in [-0.05, 0) is 50.1 Å². The van der Waals surface area contributed by atoms with E-state index < -0.39 is 6.04 Å². The Morgan fingerprint density at radius 1 is 1.10 bits per heavy atom. The summed E-state index contributed by atoms with van der Waals surface area (Å²) >= 11 is 0. The number of carbonyl (C=O) groups excluding carboxylic acids is 2. The van der Waals surface area contributed by atoms with Crippen LogP contribution in [-0.2, 0) is 20.9 Å². The van der Waals surface area contributed by atoms with E-state index in [1.807, 2.05) is 25.1 Å². The van der Waals surface area contributed by atoms with Crippen molar-refractivity contribution >= 4 is 11.8 Å². The summed E-state index contributed by atoms with van der Waals surface area (Å²) in [6, 6.07) is 14.1. The van der Waals surface area contributed by atoms with Crippen LogP contribution in [-0.4, -0.2) is 49.1 Å². The van der Waals surface area contributed by atoms with Gasteiger partial charge in [-0.2, -0.15) is 0 Å². The zero-order valence-electron chi connectivity index (χ0n) is 17.5. The maximum atomic E-state index is 13.2. The minimum absolute atomic E-state index is 0.171. The van der Waals surface area contributed by atoms with E-state index in [1.165, 1.54) is 17.0 Å². The van der Waals surface area contributed by atoms with Crippen LogP contribution in [0.15, 0.2) is 54.6 Å². The van der Waals surface area contributed by atoms with Crippen molar-refractivity contribution in [3.8, 4) is 5.75 Å². The third-order valence-corrected chi connectivity index (χ3v) is 4.51. The predicted molar refractivity (Wildman–Crippen MR) is 112 cm³/mol. The van der Waals surface area contributed by atoms with Gasteiger partial charge in [0.05, 0.1) is 0 Å². The van der Waals surface area contributed by atoms with E-state index in [9.17, 15) is 14.0 Å². The fraction of sp³-hybridized carbons (Fsp3) is 0.391. The monoisotopic (exact) mass is 416 g/mol. The number of halogens is 1. The Labute approximate surface area is 177 Å². The fourth-order valence-electron chi connectivity index (χ4n) is 2.79. The van der Waals surface area contributed by atoms with E-state index in [2.05, 4.69) is 5.32 Å². The summed E-state index contributed by atoms with van der Waals surface area (Å²) in [5.74, 6) is -0.383. The summed E-state index contributed by atoms with van der Waals surface area (Å²) in [5.41, 5.74) is 0.723. The van der Waals surface area contributed by atoms with Crippen LogP contribution < -0.4 is 10.1 Å². The Bertz CT molecular complexity index is 784. The van der Waals surface area contributed by atoms with Crippen LogP contribution in [0.3, 0.4) is 0 Å². The molecule has 2 aromatic rings. The lowest BCUT2D eigenvalue weighted by atomic mass is 10.1. The number of amides is 2. The highest BCUT2D eigenvalue weighted by Crippen LogP contribution is 2.13. The largest absolute Gasteiger partial charge is 0.484 e. The highest BCUT2D eigenvalue weighted by Gasteiger charge is 2.26. The summed E-state index contributed by atoms with van der Waals surface area (Å²) < 4.78 is 24.1. The first kappa shape index (κ1) is 23.3. The second-order valence-corrected chi connectivity index (χ2v) is 6.77. The molecule has 0 fully saturated rings. The number of hydrogen-bond acceptors (Lipinski definition) is 4. The van der Waals surface area contributed by atoms with Crippen molar-refractivity contribution in [3.63, 3.8) is 0 Å². The molecule has 1 N–H and O–H groups in total. The van der Waals surface area contributed by atoms with Crippen LogP contribution in [0.5, 0.6) is 5.75 Å². The molecule has 0 saturated heterocycles. The quantitative estimate of drug-likeness (QED) is 0.540. The molecular weight excluding hydrogens is 387 g/mol. The van der Waals surface area contributed by atoms with Crippen molar-refractivity contribution in [1.29, 1.82) is 0 Å². The number of benzene rings is 2. The Morgan fingerprint density at radius 2 is 1.80 bits per heavy atom. The summed E-state index contributed by atoms with van der Waals surface area (Å²) in [6.07, 6.45) is 0.690. The first-order chi connectivity index (χ1) is 14.5. The van der Waals surface area contributed by atoms with Gasteiger partial charge in [0, 0.05) is 26.3 Å². The van der Waals surface area contributed by atoms with Gasteiger partial charge in [0.2, 0.25) is 5.91 Å². The molecule has 7 heteroatoms. The molecule has 0 bridgehead atoms. The van der Waals surface area contributed by atoms with Crippen LogP contribution >= 0.6 is 0 Å². The highest BCUT2D eigenvalue weighted by molar-refractivity contribution is 5.87. The molecule has 2 aromatic carbocycles. The average Bonchev–Trinajstić information content (AvgIpc) is 2.77. The van der Waals surface area contributed by atoms with E-state index >= 15 is 0 Å². The van der Waals surface area contributed by atoms with E-state index in [-0.39, 0.29) is 30.8 Å². The van der Waals surface area contributed by atoms with E-state index in [0.717, 1.165) is 5.56 Å². The van der Waals surface area contributed by atoms with Crippen LogP contribution in [0, 0.1) is 5.82 Å². The van der Waals surface area contributed by atoms with Gasteiger partial charge in [0.15, 0.2) is 6.61 Å². The molecule has 1 unspecified atom stereocenters. The average molecular weight is 416 g/mol. The van der Waals surface area contributed by atoms with Crippen LogP contribution in [0.1, 0.15) is 25.8 Å². The molecule has 2 rings (SSSR count). The van der Waals surface area contributed by atoms with Crippen molar-refractivity contribution in [3.05, 3.63) is 66.0 Å². The molecule has 2 amide bonds. The molecule has 30 heavy (non-hydrogen) atoms. The third-order valence-electron chi connectivity index (χ3n) is 4.51. The third kappa shape index (κ3) is 7.83. The highest BCUT2D eigenvalue weighted by atomic mass is 19.1. The normalized spacial score (nSPS) is 11.6. The molecule has 0 aromatic heterocycles. The predicted octanol–water partition coefficient (Wildman–Crippen LogP) is 3.16. The summed E-state index contributed by atoms with van der Waals surface area (Å²) in [4.78, 5) is 26.9. The van der Waals surface area contributed by atoms with Gasteiger partial charge in [-0.25, -0.2) is 4.39 Å². The maximum Gasteiger partial charge on any atom is 0.261 e. The second kappa shape index (κ2) is 12.6. The van der Waals surface area contributed by atoms with Gasteiger partial charge in [-0.3, -0.25) is 9.59 Å². The molecule has 0 saturated carbocycles. The number of nitrogens with one attached hydrogen (secondary N) is 1. The molecule has 0 spiro atoms. The minimum atomic E-state index is -0.714. The van der Waals surface area contributed by atoms with Gasteiger partial charge in [0.1, 0.15) is 17.6 Å². The topological polar surface area (TPSA) is 67.9 Å². The van der Waals surface area contributed by atoms with E-state index in [4.69, 9.17) is 9.47 Å². The van der Waals surface area contributed by atoms with E-state index in [0.29, 0.717) is 31.9 Å². The Kier molecular flexibility index (Phi) is 9.80. The molecule has 0 aliphatic heterocycles. The zero-order valence-corrected chi connectivity index (χ0v) is 17.5. The number of nitrogens with zero attached hydrogens (tertiary/aromatic N) is 1. The molecule has 162 valence electrons. The molecule has 0 aliphatic carbocycles. The number of rotatable bonds is 12. The second-order valence-electron chi connectivity index (χ2n) is 6.77. The van der Waals surface area contributed by atoms with Crippen LogP contribution in [0.4, 0.5) is 4.39 Å². The first-order valence-corrected chi connectivity index (χ1v) is 10.1. The lowest BCUT2D eigenvalue weighted by molar-refractivity contribution is -0.142. The van der Waals surface area contributed by atoms with Gasteiger partial charge >= 0.3 is 0 Å². The maximum absolute atomic E-state index is 13.2. The number of carbonyl (C=O) groups is 2. The summed E-state index contributed by atoms with van der Waals surface area (Å²) in [5, 5.41) is 2.83. The minimum Gasteiger partial charge on any atom is -0.484 e. The molecular formula is C23H29FN2O4. The fourth-order valence-corrected chi connectivity index (χ4v) is 2.79. The van der Waals surface area contributed by atoms with Crippen molar-refractivity contribution < 1.29 is 23.5 Å². The van der Waals surface area contributed by atoms with Crippen molar-refractivity contribution in [1.82, 2.24) is 10.2 Å². The number of hydrogen-bond donors (Lipinski definition) is 1. The van der Waals surface area contributed by atoms with Crippen molar-refractivity contribution in [2.45, 2.75) is 32.9 Å². The molecule has 0 aliphatic rings. The van der Waals surface area contributed by atoms with Crippen molar-refractivity contribution in [2.75, 3.05) is 26.4 Å². The molecule has 6 nitrogen and oxygen atoms in total. The summed E-state index contributed by atoms with van der Waals surface area (Å²) in [7, 11) is 0. The number of ether oxygens (including phenoxy) is 2. The van der Waals surface area contributed by atoms with Gasteiger partial charge in [-0.15, -0.1) is 0 Å². The first-order valence-electron chi connectivity index (χ1n) is 10.1. The Hall–Kier alpha value is -2.93. The van der Waals surface area contributed by atoms with Crippen LogP contribution in [0.25, 0.3) is 0 Å². The zero-order chi connectivity index (χ0) is 21.8. The summed E-state index contributed by atoms with van der Waals surface area (Å²) in [6.45, 7) is 5.21. The number of para-hydroxylation sites is 1. The van der Waals surface area contributed by atoms with Gasteiger partial charge in [-0.1, -0.05) is 30.3 Å². The lowest BCUT2D eigenvalue weighted by Gasteiger charge is -2.28. The Morgan fingerprint density at radius 3 is 2.47 bits per heavy atom. The standard InChI is InChI=1S/C23H29FN2O4/c1-3-29-15-7-14-25-23(28)18(2)26(16-19-10-12-20(24)13-11-19)22(27)17-30-21-8-5-4-6-9-21/h4-6,8-13,18H,3,7,14-17H2,1-2H3,(H,25,28). The van der Waals surface area contributed by atoms with Crippen molar-refractivity contribution in [2.24, 2.45) is 0 Å². The SMILES string of the molecule is CCOCCCNC(=O)C(C)N(Cc1ccc(F)cc1)C(=O)COc1ccccc1. The molecule has 0 radical (unpaired) electrons. The lowest BCUT2D eigenvalue weighted by Crippen LogP contribution is -2.49.